The summed E-state index contributed by atoms with van der Waals surface area (Å²) in [5.41, 5.74) is 1.28. The SMILES string of the molecule is COc1ccc(C(=O)N[C@H]2CO[C@H]3[C@@H]2OC[C@@H]3n2cc(COc3ccccc3)nn2)cc1. The van der Waals surface area contributed by atoms with Crippen molar-refractivity contribution in [3.8, 4) is 11.5 Å². The molecule has 0 bridgehead atoms. The monoisotopic (exact) mass is 436 g/mol. The fourth-order valence-corrected chi connectivity index (χ4v) is 4.04. The summed E-state index contributed by atoms with van der Waals surface area (Å²) in [6.07, 6.45) is 1.41. The number of amides is 1. The molecule has 2 aromatic carbocycles. The quantitative estimate of drug-likeness (QED) is 0.605. The maximum Gasteiger partial charge on any atom is 0.251 e. The molecule has 2 aliphatic heterocycles. The number of hydrogen-bond acceptors (Lipinski definition) is 7. The van der Waals surface area contributed by atoms with Gasteiger partial charge in [0.1, 0.15) is 42.0 Å². The van der Waals surface area contributed by atoms with Crippen molar-refractivity contribution in [2.45, 2.75) is 30.9 Å². The van der Waals surface area contributed by atoms with Crippen LogP contribution in [-0.2, 0) is 16.1 Å². The molecule has 0 unspecified atom stereocenters. The van der Waals surface area contributed by atoms with Gasteiger partial charge < -0.3 is 24.3 Å². The first-order valence-corrected chi connectivity index (χ1v) is 10.5. The molecule has 9 nitrogen and oxygen atoms in total. The molecule has 0 spiro atoms. The molecule has 2 saturated heterocycles. The summed E-state index contributed by atoms with van der Waals surface area (Å²) in [5, 5.41) is 11.5. The summed E-state index contributed by atoms with van der Waals surface area (Å²) >= 11 is 0. The van der Waals surface area contributed by atoms with Crippen LogP contribution in [0.2, 0.25) is 0 Å². The lowest BCUT2D eigenvalue weighted by atomic mass is 10.1. The normalized spacial score (nSPS) is 24.2. The predicted molar refractivity (Wildman–Crippen MR) is 114 cm³/mol. The van der Waals surface area contributed by atoms with Gasteiger partial charge in [0, 0.05) is 5.56 Å². The van der Waals surface area contributed by atoms with E-state index in [0.29, 0.717) is 31.1 Å². The Kier molecular flexibility index (Phi) is 5.74. The average Bonchev–Trinajstić information content (AvgIpc) is 3.56. The number of para-hydroxylation sites is 1. The predicted octanol–water partition coefficient (Wildman–Crippen LogP) is 2.00. The van der Waals surface area contributed by atoms with Crippen LogP contribution in [0.1, 0.15) is 22.1 Å². The van der Waals surface area contributed by atoms with E-state index in [4.69, 9.17) is 18.9 Å². The van der Waals surface area contributed by atoms with Crippen LogP contribution in [0.15, 0.2) is 60.8 Å². The molecule has 32 heavy (non-hydrogen) atoms. The van der Waals surface area contributed by atoms with Crippen molar-refractivity contribution in [2.75, 3.05) is 20.3 Å². The Morgan fingerprint density at radius 3 is 2.62 bits per heavy atom. The van der Waals surface area contributed by atoms with Crippen LogP contribution in [0, 0.1) is 0 Å². The summed E-state index contributed by atoms with van der Waals surface area (Å²) < 4.78 is 24.6. The molecule has 5 rings (SSSR count). The number of fused-ring (bicyclic) bond motifs is 1. The lowest BCUT2D eigenvalue weighted by Crippen LogP contribution is -2.44. The number of rotatable bonds is 7. The van der Waals surface area contributed by atoms with Gasteiger partial charge in [0.15, 0.2) is 0 Å². The molecule has 2 aliphatic rings. The number of carbonyl (C=O) groups excluding carboxylic acids is 1. The molecule has 2 fully saturated rings. The molecular formula is C23H24N4O5. The Hall–Kier alpha value is -3.43. The minimum Gasteiger partial charge on any atom is -0.497 e. The van der Waals surface area contributed by atoms with Gasteiger partial charge >= 0.3 is 0 Å². The minimum absolute atomic E-state index is 0.110. The van der Waals surface area contributed by atoms with Crippen molar-refractivity contribution in [1.82, 2.24) is 20.3 Å². The first-order valence-electron chi connectivity index (χ1n) is 10.5. The molecule has 0 radical (unpaired) electrons. The third kappa shape index (κ3) is 4.17. The lowest BCUT2D eigenvalue weighted by molar-refractivity contribution is 0.0613. The number of benzene rings is 2. The molecule has 4 atom stereocenters. The number of hydrogen-bond donors (Lipinski definition) is 1. The van der Waals surface area contributed by atoms with Crippen molar-refractivity contribution in [3.05, 3.63) is 72.1 Å². The zero-order valence-corrected chi connectivity index (χ0v) is 17.6. The Bertz CT molecular complexity index is 1060. The minimum atomic E-state index is -0.240. The maximum atomic E-state index is 12.6. The Labute approximate surface area is 185 Å². The topological polar surface area (TPSA) is 96.7 Å². The number of carbonyl (C=O) groups is 1. The Morgan fingerprint density at radius 1 is 1.06 bits per heavy atom. The Morgan fingerprint density at radius 2 is 1.84 bits per heavy atom. The molecule has 3 heterocycles. The number of aromatic nitrogens is 3. The van der Waals surface area contributed by atoms with Crippen LogP contribution in [0.4, 0.5) is 0 Å². The first-order chi connectivity index (χ1) is 15.7. The highest BCUT2D eigenvalue weighted by atomic mass is 16.6. The van der Waals surface area contributed by atoms with Crippen LogP contribution < -0.4 is 14.8 Å². The van der Waals surface area contributed by atoms with Crippen LogP contribution in [0.3, 0.4) is 0 Å². The summed E-state index contributed by atoms with van der Waals surface area (Å²) in [6.45, 7) is 1.14. The fraction of sp³-hybridized carbons (Fsp3) is 0.348. The number of nitrogens with one attached hydrogen (secondary N) is 1. The van der Waals surface area contributed by atoms with Crippen LogP contribution >= 0.6 is 0 Å². The van der Waals surface area contributed by atoms with E-state index in [1.54, 1.807) is 36.1 Å². The largest absolute Gasteiger partial charge is 0.497 e. The fourth-order valence-electron chi connectivity index (χ4n) is 4.04. The molecule has 9 heteroatoms. The van der Waals surface area contributed by atoms with Gasteiger partial charge in [0.05, 0.1) is 32.6 Å². The van der Waals surface area contributed by atoms with Gasteiger partial charge in [0.25, 0.3) is 5.91 Å². The maximum absolute atomic E-state index is 12.6. The van der Waals surface area contributed by atoms with Gasteiger partial charge in [-0.25, -0.2) is 4.68 Å². The van der Waals surface area contributed by atoms with E-state index in [1.807, 2.05) is 36.5 Å². The highest BCUT2D eigenvalue weighted by molar-refractivity contribution is 5.94. The van der Waals surface area contributed by atoms with Crippen molar-refractivity contribution in [1.29, 1.82) is 0 Å². The molecule has 166 valence electrons. The van der Waals surface area contributed by atoms with Gasteiger partial charge in [-0.3, -0.25) is 4.79 Å². The first kappa shape index (κ1) is 20.5. The van der Waals surface area contributed by atoms with Gasteiger partial charge in [-0.05, 0) is 36.4 Å². The third-order valence-corrected chi connectivity index (χ3v) is 5.72. The molecule has 0 saturated carbocycles. The zero-order chi connectivity index (χ0) is 21.9. The molecular weight excluding hydrogens is 412 g/mol. The second kappa shape index (κ2) is 8.97. The van der Waals surface area contributed by atoms with Crippen molar-refractivity contribution in [3.63, 3.8) is 0 Å². The van der Waals surface area contributed by atoms with E-state index in [0.717, 1.165) is 11.4 Å². The van der Waals surface area contributed by atoms with Crippen molar-refractivity contribution < 1.29 is 23.7 Å². The van der Waals surface area contributed by atoms with Gasteiger partial charge in [0.2, 0.25) is 0 Å². The van der Waals surface area contributed by atoms with Gasteiger partial charge in [-0.1, -0.05) is 23.4 Å². The third-order valence-electron chi connectivity index (χ3n) is 5.72. The number of ether oxygens (including phenoxy) is 4. The molecule has 1 aromatic heterocycles. The summed E-state index contributed by atoms with van der Waals surface area (Å²) in [7, 11) is 1.59. The number of nitrogens with zero attached hydrogens (tertiary/aromatic N) is 3. The van der Waals surface area contributed by atoms with E-state index in [-0.39, 0.29) is 30.2 Å². The Balaban J connectivity index is 1.19. The lowest BCUT2D eigenvalue weighted by Gasteiger charge is -2.18. The van der Waals surface area contributed by atoms with Crippen LogP contribution in [-0.4, -0.2) is 59.5 Å². The molecule has 0 aliphatic carbocycles. The summed E-state index contributed by atoms with van der Waals surface area (Å²) in [6, 6.07) is 16.2. The van der Waals surface area contributed by atoms with E-state index in [9.17, 15) is 4.79 Å². The second-order valence-electron chi connectivity index (χ2n) is 7.76. The van der Waals surface area contributed by atoms with E-state index < -0.39 is 0 Å². The highest BCUT2D eigenvalue weighted by Crippen LogP contribution is 2.34. The van der Waals surface area contributed by atoms with Crippen molar-refractivity contribution in [2.24, 2.45) is 0 Å². The molecule has 1 N–H and O–H groups in total. The van der Waals surface area contributed by atoms with Gasteiger partial charge in [-0.15, -0.1) is 5.10 Å². The zero-order valence-electron chi connectivity index (χ0n) is 17.6. The summed E-state index contributed by atoms with van der Waals surface area (Å²) in [5.74, 6) is 1.31. The smallest absolute Gasteiger partial charge is 0.251 e. The highest BCUT2D eigenvalue weighted by Gasteiger charge is 2.49. The van der Waals surface area contributed by atoms with E-state index >= 15 is 0 Å². The van der Waals surface area contributed by atoms with E-state index in [2.05, 4.69) is 15.6 Å². The summed E-state index contributed by atoms with van der Waals surface area (Å²) in [4.78, 5) is 12.6. The van der Waals surface area contributed by atoms with Gasteiger partial charge in [-0.2, -0.15) is 0 Å². The van der Waals surface area contributed by atoms with Crippen LogP contribution in [0.5, 0.6) is 11.5 Å². The molecule has 3 aromatic rings. The van der Waals surface area contributed by atoms with Crippen molar-refractivity contribution >= 4 is 5.91 Å². The van der Waals surface area contributed by atoms with E-state index in [1.165, 1.54) is 0 Å². The second-order valence-corrected chi connectivity index (χ2v) is 7.76. The van der Waals surface area contributed by atoms with Crippen LogP contribution in [0.25, 0.3) is 0 Å². The standard InChI is InChI=1S/C23H24N4O5/c1-29-17-9-7-15(8-10-17)23(28)24-19-13-31-22-20(14-32-21(19)22)27-11-16(25-26-27)12-30-18-5-3-2-4-6-18/h2-11,19-22H,12-14H2,1H3,(H,24,28)/t19-,20-,21+,22+/m0/s1. The number of methoxy groups -OCH3 is 1. The average molecular weight is 436 g/mol. The molecule has 1 amide bonds.